The van der Waals surface area contributed by atoms with E-state index in [2.05, 4.69) is 17.0 Å². The van der Waals surface area contributed by atoms with E-state index < -0.39 is 0 Å². The van der Waals surface area contributed by atoms with Crippen molar-refractivity contribution in [2.45, 2.75) is 20.8 Å². The predicted octanol–water partition coefficient (Wildman–Crippen LogP) is 5.55. The second kappa shape index (κ2) is 8.27. The van der Waals surface area contributed by atoms with Gasteiger partial charge in [-0.15, -0.1) is 5.10 Å². The fourth-order valence-electron chi connectivity index (χ4n) is 2.48. The molecule has 0 atom stereocenters. The number of ether oxygens (including phenoxy) is 1. The first-order valence-electron chi connectivity index (χ1n) is 8.81. The maximum Gasteiger partial charge on any atom is 0.238 e. The van der Waals surface area contributed by atoms with Crippen molar-refractivity contribution in [3.63, 3.8) is 0 Å². The van der Waals surface area contributed by atoms with Crippen LogP contribution in [0.3, 0.4) is 0 Å². The lowest BCUT2D eigenvalue weighted by Gasteiger charge is -2.11. The minimum atomic E-state index is 0.536. The van der Waals surface area contributed by atoms with Crippen LogP contribution >= 0.6 is 11.6 Å². The molecule has 0 saturated carbocycles. The zero-order chi connectivity index (χ0) is 19.4. The van der Waals surface area contributed by atoms with E-state index >= 15 is 0 Å². The van der Waals surface area contributed by atoms with Gasteiger partial charge in [-0.1, -0.05) is 11.6 Å². The molecule has 2 aromatic carbocycles. The van der Waals surface area contributed by atoms with Crippen LogP contribution < -0.4 is 4.74 Å². The minimum absolute atomic E-state index is 0.536. The molecular weight excluding hydrogens is 360 g/mol. The molecule has 3 aromatic rings. The Morgan fingerprint density at radius 1 is 1.15 bits per heavy atom. The molecule has 27 heavy (non-hydrogen) atoms. The Balaban J connectivity index is 1.79. The SMILES string of the molecule is CCN(C)C=Nc1cc(C)c(Oc2ccn(-c3ccc(Cl)cc3)n2)cc1C. The predicted molar refractivity (Wildman–Crippen MR) is 111 cm³/mol. The molecule has 0 aliphatic carbocycles. The van der Waals surface area contributed by atoms with Crippen molar-refractivity contribution in [3.05, 3.63) is 64.8 Å². The topological polar surface area (TPSA) is 42.6 Å². The van der Waals surface area contributed by atoms with Crippen LogP contribution in [0.15, 0.2) is 53.7 Å². The molecule has 1 heterocycles. The number of hydrogen-bond acceptors (Lipinski definition) is 3. The van der Waals surface area contributed by atoms with E-state index in [9.17, 15) is 0 Å². The van der Waals surface area contributed by atoms with Crippen molar-refractivity contribution in [1.29, 1.82) is 0 Å². The lowest BCUT2D eigenvalue weighted by atomic mass is 10.1. The number of aliphatic imine (C=N–C) groups is 1. The molecule has 0 N–H and O–H groups in total. The van der Waals surface area contributed by atoms with Gasteiger partial charge in [0, 0.05) is 30.9 Å². The van der Waals surface area contributed by atoms with Gasteiger partial charge in [-0.05, 0) is 68.3 Å². The number of hydrogen-bond donors (Lipinski definition) is 0. The van der Waals surface area contributed by atoms with E-state index in [0.717, 1.165) is 34.8 Å². The smallest absolute Gasteiger partial charge is 0.238 e. The average Bonchev–Trinajstić information content (AvgIpc) is 3.12. The van der Waals surface area contributed by atoms with E-state index in [0.29, 0.717) is 10.9 Å². The number of aromatic nitrogens is 2. The summed E-state index contributed by atoms with van der Waals surface area (Å²) in [7, 11) is 2.00. The molecule has 0 saturated heterocycles. The zero-order valence-corrected chi connectivity index (χ0v) is 16.7. The Bertz CT molecular complexity index is 947. The van der Waals surface area contributed by atoms with Crippen LogP contribution in [-0.4, -0.2) is 34.6 Å². The van der Waals surface area contributed by atoms with Crippen LogP contribution in [0.4, 0.5) is 5.69 Å². The van der Waals surface area contributed by atoms with Gasteiger partial charge in [-0.2, -0.15) is 0 Å². The van der Waals surface area contributed by atoms with E-state index in [1.54, 1.807) is 4.68 Å². The number of nitrogens with zero attached hydrogens (tertiary/aromatic N) is 4. The third-order valence-electron chi connectivity index (χ3n) is 4.26. The maximum absolute atomic E-state index is 6.00. The van der Waals surface area contributed by atoms with Crippen LogP contribution in [0.25, 0.3) is 5.69 Å². The van der Waals surface area contributed by atoms with Crippen LogP contribution in [0.5, 0.6) is 11.6 Å². The highest BCUT2D eigenvalue weighted by atomic mass is 35.5. The van der Waals surface area contributed by atoms with E-state index in [4.69, 9.17) is 16.3 Å². The molecule has 6 heteroatoms. The Morgan fingerprint density at radius 3 is 2.59 bits per heavy atom. The summed E-state index contributed by atoms with van der Waals surface area (Å²) >= 11 is 5.94. The minimum Gasteiger partial charge on any atom is -0.437 e. The molecule has 0 aliphatic rings. The molecule has 0 unspecified atom stereocenters. The van der Waals surface area contributed by atoms with Crippen molar-refractivity contribution in [3.8, 4) is 17.3 Å². The van der Waals surface area contributed by atoms with Gasteiger partial charge >= 0.3 is 0 Å². The molecule has 1 aromatic heterocycles. The average molecular weight is 383 g/mol. The molecular formula is C21H23ClN4O. The van der Waals surface area contributed by atoms with Crippen molar-refractivity contribution in [2.75, 3.05) is 13.6 Å². The molecule has 140 valence electrons. The second-order valence-electron chi connectivity index (χ2n) is 6.40. The van der Waals surface area contributed by atoms with E-state index in [1.165, 1.54) is 0 Å². The maximum atomic E-state index is 6.00. The summed E-state index contributed by atoms with van der Waals surface area (Å²) in [5.74, 6) is 1.31. The summed E-state index contributed by atoms with van der Waals surface area (Å²) in [6, 6.07) is 13.4. The highest BCUT2D eigenvalue weighted by molar-refractivity contribution is 6.30. The highest BCUT2D eigenvalue weighted by Crippen LogP contribution is 2.31. The quantitative estimate of drug-likeness (QED) is 0.415. The largest absolute Gasteiger partial charge is 0.437 e. The van der Waals surface area contributed by atoms with E-state index in [1.807, 2.05) is 80.8 Å². The standard InChI is InChI=1S/C21H23ClN4O/c1-5-25(4)14-23-19-12-16(3)20(13-15(19)2)27-21-10-11-26(24-21)18-8-6-17(22)7-9-18/h6-14H,5H2,1-4H3. The molecule has 5 nitrogen and oxygen atoms in total. The van der Waals surface area contributed by atoms with Crippen LogP contribution in [0.2, 0.25) is 5.02 Å². The third kappa shape index (κ3) is 4.68. The summed E-state index contributed by atoms with van der Waals surface area (Å²) in [5, 5.41) is 5.18. The summed E-state index contributed by atoms with van der Waals surface area (Å²) < 4.78 is 7.75. The number of halogens is 1. The van der Waals surface area contributed by atoms with Gasteiger partial charge in [0.15, 0.2) is 0 Å². The van der Waals surface area contributed by atoms with Crippen molar-refractivity contribution < 1.29 is 4.74 Å². The van der Waals surface area contributed by atoms with Gasteiger partial charge in [0.05, 0.1) is 17.7 Å². The molecule has 0 amide bonds. The van der Waals surface area contributed by atoms with Crippen LogP contribution in [0.1, 0.15) is 18.1 Å². The molecule has 0 radical (unpaired) electrons. The van der Waals surface area contributed by atoms with E-state index in [-0.39, 0.29) is 0 Å². The lowest BCUT2D eigenvalue weighted by molar-refractivity contribution is 0.454. The molecule has 3 rings (SSSR count). The molecule has 0 bridgehead atoms. The Hall–Kier alpha value is -2.79. The molecule has 0 fully saturated rings. The van der Waals surface area contributed by atoms with Gasteiger partial charge in [0.25, 0.3) is 0 Å². The number of aryl methyl sites for hydroxylation is 2. The highest BCUT2D eigenvalue weighted by Gasteiger charge is 2.09. The molecule has 0 aliphatic heterocycles. The fourth-order valence-corrected chi connectivity index (χ4v) is 2.60. The Kier molecular flexibility index (Phi) is 5.81. The Morgan fingerprint density at radius 2 is 1.89 bits per heavy atom. The normalized spacial score (nSPS) is 11.1. The van der Waals surface area contributed by atoms with Crippen LogP contribution in [-0.2, 0) is 0 Å². The monoisotopic (exact) mass is 382 g/mol. The van der Waals surface area contributed by atoms with Crippen molar-refractivity contribution in [1.82, 2.24) is 14.7 Å². The third-order valence-corrected chi connectivity index (χ3v) is 4.51. The summed E-state index contributed by atoms with van der Waals surface area (Å²) in [5.41, 5.74) is 3.92. The number of rotatable bonds is 6. The van der Waals surface area contributed by atoms with Gasteiger partial charge < -0.3 is 9.64 Å². The van der Waals surface area contributed by atoms with Crippen molar-refractivity contribution in [2.24, 2.45) is 4.99 Å². The first kappa shape index (κ1) is 19.0. The van der Waals surface area contributed by atoms with Gasteiger partial charge in [0.1, 0.15) is 5.75 Å². The summed E-state index contributed by atoms with van der Waals surface area (Å²) in [4.78, 5) is 6.58. The Labute approximate surface area is 164 Å². The van der Waals surface area contributed by atoms with Crippen LogP contribution in [0, 0.1) is 13.8 Å². The first-order chi connectivity index (χ1) is 13.0. The zero-order valence-electron chi connectivity index (χ0n) is 16.0. The van der Waals surface area contributed by atoms with Crippen molar-refractivity contribution >= 4 is 23.6 Å². The second-order valence-corrected chi connectivity index (χ2v) is 6.84. The van der Waals surface area contributed by atoms with Gasteiger partial charge in [-0.25, -0.2) is 9.67 Å². The lowest BCUT2D eigenvalue weighted by Crippen LogP contribution is -2.14. The van der Waals surface area contributed by atoms with Gasteiger partial charge in [-0.3, -0.25) is 0 Å². The summed E-state index contributed by atoms with van der Waals surface area (Å²) in [6.07, 6.45) is 3.70. The first-order valence-corrected chi connectivity index (χ1v) is 9.19. The summed E-state index contributed by atoms with van der Waals surface area (Å²) in [6.45, 7) is 7.04. The molecule has 0 spiro atoms. The van der Waals surface area contributed by atoms with Gasteiger partial charge in [0.2, 0.25) is 5.88 Å². The number of benzene rings is 2. The fraction of sp³-hybridized carbons (Fsp3) is 0.238.